The molecule has 3 atom stereocenters. The summed E-state index contributed by atoms with van der Waals surface area (Å²) in [6.45, 7) is 4.28. The third-order valence-corrected chi connectivity index (χ3v) is 4.39. The van der Waals surface area contributed by atoms with E-state index in [1.807, 2.05) is 0 Å². The Morgan fingerprint density at radius 2 is 1.81 bits per heavy atom. The predicted octanol–water partition coefficient (Wildman–Crippen LogP) is 2.60. The van der Waals surface area contributed by atoms with Crippen LogP contribution in [0.25, 0.3) is 0 Å². The van der Waals surface area contributed by atoms with Gasteiger partial charge in [0.15, 0.2) is 0 Å². The molecule has 3 heteroatoms. The molecule has 1 saturated carbocycles. The molecule has 96 valence electrons. The summed E-state index contributed by atoms with van der Waals surface area (Å²) in [5, 5.41) is 10.2. The van der Waals surface area contributed by atoms with Crippen molar-refractivity contribution in [2.24, 2.45) is 17.6 Å². The maximum absolute atomic E-state index is 10.2. The molecule has 0 aromatic rings. The third kappa shape index (κ3) is 4.27. The van der Waals surface area contributed by atoms with Crippen LogP contribution in [-0.2, 0) is 0 Å². The fourth-order valence-corrected chi connectivity index (χ4v) is 3.21. The van der Waals surface area contributed by atoms with E-state index in [4.69, 9.17) is 5.73 Å². The highest BCUT2D eigenvalue weighted by Crippen LogP contribution is 2.31. The number of nitrogens with two attached hydrogens (primary N) is 1. The Balaban J connectivity index is 2.41. The van der Waals surface area contributed by atoms with E-state index in [1.165, 1.54) is 32.1 Å². The molecule has 0 saturated heterocycles. The SMILES string of the molecule is CC(C)CC(N)C(O)C(S)C1CCCCC1. The van der Waals surface area contributed by atoms with Gasteiger partial charge in [0, 0.05) is 11.3 Å². The summed E-state index contributed by atoms with van der Waals surface area (Å²) in [5.74, 6) is 1.10. The highest BCUT2D eigenvalue weighted by Gasteiger charge is 2.30. The average Bonchev–Trinajstić information content (AvgIpc) is 2.27. The summed E-state index contributed by atoms with van der Waals surface area (Å²) in [6.07, 6.45) is 6.76. The molecule has 1 fully saturated rings. The first-order valence-electron chi connectivity index (χ1n) is 6.64. The zero-order chi connectivity index (χ0) is 12.1. The minimum atomic E-state index is -0.450. The van der Waals surface area contributed by atoms with Gasteiger partial charge in [0.2, 0.25) is 0 Å². The number of aliphatic hydroxyl groups excluding tert-OH is 1. The van der Waals surface area contributed by atoms with Gasteiger partial charge in [-0.05, 0) is 31.1 Å². The van der Waals surface area contributed by atoms with E-state index in [0.29, 0.717) is 11.8 Å². The molecule has 0 heterocycles. The quantitative estimate of drug-likeness (QED) is 0.652. The van der Waals surface area contributed by atoms with Gasteiger partial charge >= 0.3 is 0 Å². The van der Waals surface area contributed by atoms with Gasteiger partial charge in [-0.3, -0.25) is 0 Å². The van der Waals surface area contributed by atoms with E-state index in [-0.39, 0.29) is 11.3 Å². The van der Waals surface area contributed by atoms with Crippen LogP contribution in [0.1, 0.15) is 52.4 Å². The minimum Gasteiger partial charge on any atom is -0.390 e. The second-order valence-electron chi connectivity index (χ2n) is 5.67. The highest BCUT2D eigenvalue weighted by molar-refractivity contribution is 7.81. The van der Waals surface area contributed by atoms with Gasteiger partial charge in [-0.15, -0.1) is 0 Å². The first kappa shape index (κ1) is 14.3. The van der Waals surface area contributed by atoms with Crippen molar-refractivity contribution in [2.75, 3.05) is 0 Å². The van der Waals surface area contributed by atoms with E-state index >= 15 is 0 Å². The molecule has 1 aliphatic rings. The van der Waals surface area contributed by atoms with Crippen molar-refractivity contribution in [3.8, 4) is 0 Å². The smallest absolute Gasteiger partial charge is 0.0809 e. The van der Waals surface area contributed by atoms with Crippen LogP contribution in [0.15, 0.2) is 0 Å². The Hall–Kier alpha value is 0.270. The van der Waals surface area contributed by atoms with Gasteiger partial charge in [0.1, 0.15) is 0 Å². The average molecular weight is 245 g/mol. The first-order chi connectivity index (χ1) is 7.52. The molecule has 3 unspecified atom stereocenters. The van der Waals surface area contributed by atoms with Gasteiger partial charge in [0.25, 0.3) is 0 Å². The molecular formula is C13H27NOS. The number of hydrogen-bond acceptors (Lipinski definition) is 3. The number of hydrogen-bond donors (Lipinski definition) is 3. The molecule has 0 aromatic carbocycles. The van der Waals surface area contributed by atoms with Crippen molar-refractivity contribution < 1.29 is 5.11 Å². The maximum atomic E-state index is 10.2. The summed E-state index contributed by atoms with van der Waals surface area (Å²) in [6, 6.07) is -0.121. The molecule has 0 bridgehead atoms. The Kier molecular flexibility index (Phi) is 6.16. The summed E-state index contributed by atoms with van der Waals surface area (Å²) < 4.78 is 0. The Bertz CT molecular complexity index is 192. The molecule has 16 heavy (non-hydrogen) atoms. The largest absolute Gasteiger partial charge is 0.390 e. The second kappa shape index (κ2) is 6.87. The molecule has 2 nitrogen and oxygen atoms in total. The van der Waals surface area contributed by atoms with Crippen LogP contribution < -0.4 is 5.73 Å². The monoisotopic (exact) mass is 245 g/mol. The van der Waals surface area contributed by atoms with Crippen LogP contribution in [0, 0.1) is 11.8 Å². The maximum Gasteiger partial charge on any atom is 0.0809 e. The molecule has 3 N–H and O–H groups in total. The summed E-state index contributed by atoms with van der Waals surface area (Å²) in [7, 11) is 0. The molecular weight excluding hydrogens is 218 g/mol. The first-order valence-corrected chi connectivity index (χ1v) is 7.15. The molecule has 0 aliphatic heterocycles. The molecule has 1 rings (SSSR count). The Morgan fingerprint density at radius 3 is 2.31 bits per heavy atom. The zero-order valence-corrected chi connectivity index (χ0v) is 11.5. The Morgan fingerprint density at radius 1 is 1.25 bits per heavy atom. The van der Waals surface area contributed by atoms with Gasteiger partial charge in [-0.2, -0.15) is 12.6 Å². The van der Waals surface area contributed by atoms with Crippen molar-refractivity contribution >= 4 is 12.6 Å². The summed E-state index contributed by atoms with van der Waals surface area (Å²) >= 11 is 4.60. The number of rotatable bonds is 5. The van der Waals surface area contributed by atoms with Crippen LogP contribution in [0.4, 0.5) is 0 Å². The third-order valence-electron chi connectivity index (χ3n) is 3.66. The Labute approximate surface area is 105 Å². The second-order valence-corrected chi connectivity index (χ2v) is 6.27. The standard InChI is InChI=1S/C13H27NOS/c1-9(2)8-11(14)12(15)13(16)10-6-4-3-5-7-10/h9-13,15-16H,3-8,14H2,1-2H3. The lowest BCUT2D eigenvalue weighted by molar-refractivity contribution is 0.106. The van der Waals surface area contributed by atoms with E-state index in [2.05, 4.69) is 26.5 Å². The van der Waals surface area contributed by atoms with E-state index < -0.39 is 6.10 Å². The van der Waals surface area contributed by atoms with E-state index in [1.54, 1.807) is 0 Å². The minimum absolute atomic E-state index is 0.0639. The van der Waals surface area contributed by atoms with Gasteiger partial charge in [-0.25, -0.2) is 0 Å². The van der Waals surface area contributed by atoms with Crippen molar-refractivity contribution in [1.82, 2.24) is 0 Å². The van der Waals surface area contributed by atoms with Crippen LogP contribution >= 0.6 is 12.6 Å². The van der Waals surface area contributed by atoms with Crippen molar-refractivity contribution in [2.45, 2.75) is 69.8 Å². The zero-order valence-electron chi connectivity index (χ0n) is 10.6. The van der Waals surface area contributed by atoms with Gasteiger partial charge < -0.3 is 10.8 Å². The normalized spacial score (nSPS) is 24.4. The van der Waals surface area contributed by atoms with E-state index in [0.717, 1.165) is 6.42 Å². The molecule has 0 aromatic heterocycles. The van der Waals surface area contributed by atoms with Crippen LogP contribution in [-0.4, -0.2) is 22.5 Å². The van der Waals surface area contributed by atoms with Gasteiger partial charge in [-0.1, -0.05) is 33.1 Å². The number of aliphatic hydroxyl groups is 1. The van der Waals surface area contributed by atoms with E-state index in [9.17, 15) is 5.11 Å². The van der Waals surface area contributed by atoms with Crippen molar-refractivity contribution in [1.29, 1.82) is 0 Å². The van der Waals surface area contributed by atoms with Crippen LogP contribution in [0.5, 0.6) is 0 Å². The molecule has 0 spiro atoms. The number of thiol groups is 1. The van der Waals surface area contributed by atoms with Crippen molar-refractivity contribution in [3.05, 3.63) is 0 Å². The predicted molar refractivity (Wildman–Crippen MR) is 72.8 cm³/mol. The van der Waals surface area contributed by atoms with Crippen LogP contribution in [0.3, 0.4) is 0 Å². The topological polar surface area (TPSA) is 46.2 Å². The van der Waals surface area contributed by atoms with Crippen LogP contribution in [0.2, 0.25) is 0 Å². The lowest BCUT2D eigenvalue weighted by Crippen LogP contribution is -2.44. The molecule has 1 aliphatic carbocycles. The highest BCUT2D eigenvalue weighted by atomic mass is 32.1. The molecule has 0 radical (unpaired) electrons. The lowest BCUT2D eigenvalue weighted by atomic mass is 9.83. The fourth-order valence-electron chi connectivity index (χ4n) is 2.69. The van der Waals surface area contributed by atoms with Crippen molar-refractivity contribution in [3.63, 3.8) is 0 Å². The summed E-state index contributed by atoms with van der Waals surface area (Å²) in [5.41, 5.74) is 6.03. The fraction of sp³-hybridized carbons (Fsp3) is 1.00. The summed E-state index contributed by atoms with van der Waals surface area (Å²) in [4.78, 5) is 0. The lowest BCUT2D eigenvalue weighted by Gasteiger charge is -2.33. The van der Waals surface area contributed by atoms with Gasteiger partial charge in [0.05, 0.1) is 6.10 Å². The molecule has 0 amide bonds.